The van der Waals surface area contributed by atoms with Crippen molar-refractivity contribution in [2.24, 2.45) is 0 Å². The third-order valence-electron chi connectivity index (χ3n) is 4.97. The van der Waals surface area contributed by atoms with E-state index in [0.717, 1.165) is 16.9 Å². The summed E-state index contributed by atoms with van der Waals surface area (Å²) < 4.78 is 23.6. The zero-order chi connectivity index (χ0) is 21.3. The molecule has 3 N–H and O–H groups in total. The molecule has 0 saturated carbocycles. The quantitative estimate of drug-likeness (QED) is 0.646. The number of carbonyl (C=O) groups excluding carboxylic acids is 1. The largest absolute Gasteiger partial charge is 0.368 e. The van der Waals surface area contributed by atoms with Crippen LogP contribution in [-0.2, 0) is 14.6 Å². The minimum Gasteiger partial charge on any atom is -0.368 e. The maximum atomic E-state index is 11.8. The molecule has 1 aliphatic rings. The Morgan fingerprint density at radius 1 is 1.07 bits per heavy atom. The molecule has 3 aromatic rings. The monoisotopic (exact) mass is 426 g/mol. The summed E-state index contributed by atoms with van der Waals surface area (Å²) in [6, 6.07) is 11.1. The van der Waals surface area contributed by atoms with E-state index in [-0.39, 0.29) is 23.4 Å². The van der Waals surface area contributed by atoms with E-state index in [2.05, 4.69) is 15.3 Å². The van der Waals surface area contributed by atoms with Crippen LogP contribution in [0.2, 0.25) is 0 Å². The van der Waals surface area contributed by atoms with Crippen LogP contribution >= 0.6 is 0 Å². The highest BCUT2D eigenvalue weighted by molar-refractivity contribution is 7.91. The lowest BCUT2D eigenvalue weighted by atomic mass is 10.1. The third kappa shape index (κ3) is 4.18. The second-order valence-corrected chi connectivity index (χ2v) is 9.39. The van der Waals surface area contributed by atoms with E-state index in [1.807, 2.05) is 41.3 Å². The topological polar surface area (TPSA) is 131 Å². The number of rotatable bonds is 4. The lowest BCUT2D eigenvalue weighted by Gasteiger charge is -2.28. The van der Waals surface area contributed by atoms with Crippen LogP contribution in [0.15, 0.2) is 36.4 Å². The van der Waals surface area contributed by atoms with E-state index in [9.17, 15) is 13.2 Å². The van der Waals surface area contributed by atoms with Crippen LogP contribution in [0.1, 0.15) is 13.3 Å². The van der Waals surface area contributed by atoms with Crippen molar-refractivity contribution < 1.29 is 13.2 Å². The van der Waals surface area contributed by atoms with Crippen molar-refractivity contribution in [3.8, 4) is 11.3 Å². The summed E-state index contributed by atoms with van der Waals surface area (Å²) in [6.45, 7) is 2.48. The molecule has 4 rings (SSSR count). The van der Waals surface area contributed by atoms with Crippen molar-refractivity contribution in [3.05, 3.63) is 36.4 Å². The van der Waals surface area contributed by atoms with Crippen LogP contribution in [0.3, 0.4) is 0 Å². The lowest BCUT2D eigenvalue weighted by molar-refractivity contribution is -0.115. The number of nitrogens with two attached hydrogens (primary N) is 1. The van der Waals surface area contributed by atoms with Crippen LogP contribution in [0.4, 0.5) is 17.5 Å². The molecule has 2 aromatic heterocycles. The average Bonchev–Trinajstić information content (AvgIpc) is 2.73. The first-order chi connectivity index (χ1) is 14.3. The van der Waals surface area contributed by atoms with Crippen molar-refractivity contribution in [3.63, 3.8) is 0 Å². The fraction of sp³-hybridized carbons (Fsp3) is 0.300. The van der Waals surface area contributed by atoms with E-state index in [0.29, 0.717) is 36.4 Å². The molecule has 9 nitrogen and oxygen atoms in total. The molecule has 1 fully saturated rings. The highest BCUT2D eigenvalue weighted by Gasteiger charge is 2.25. The number of anilines is 3. The Labute approximate surface area is 174 Å². The van der Waals surface area contributed by atoms with Crippen molar-refractivity contribution in [1.29, 1.82) is 0 Å². The first-order valence-corrected chi connectivity index (χ1v) is 11.5. The summed E-state index contributed by atoms with van der Waals surface area (Å²) >= 11 is 0. The summed E-state index contributed by atoms with van der Waals surface area (Å²) in [5.74, 6) is 0.763. The molecule has 0 unspecified atom stereocenters. The molecule has 1 aliphatic heterocycles. The van der Waals surface area contributed by atoms with Crippen LogP contribution in [0, 0.1) is 0 Å². The van der Waals surface area contributed by atoms with E-state index in [4.69, 9.17) is 10.7 Å². The first-order valence-electron chi connectivity index (χ1n) is 9.64. The molecule has 10 heteroatoms. The number of amides is 1. The molecule has 0 spiro atoms. The minimum absolute atomic E-state index is 0.0468. The van der Waals surface area contributed by atoms with Crippen LogP contribution in [0.5, 0.6) is 0 Å². The Morgan fingerprint density at radius 2 is 1.77 bits per heavy atom. The van der Waals surface area contributed by atoms with E-state index in [1.54, 1.807) is 6.92 Å². The zero-order valence-corrected chi connectivity index (χ0v) is 17.3. The minimum atomic E-state index is -3.02. The molecular formula is C20H22N6O3S. The van der Waals surface area contributed by atoms with Crippen molar-refractivity contribution in [1.82, 2.24) is 15.0 Å². The summed E-state index contributed by atoms with van der Waals surface area (Å²) in [7, 11) is -3.02. The lowest BCUT2D eigenvalue weighted by Crippen LogP contribution is -2.41. The molecule has 1 amide bonds. The Balaban J connectivity index is 1.70. The van der Waals surface area contributed by atoms with E-state index < -0.39 is 9.84 Å². The van der Waals surface area contributed by atoms with E-state index >= 15 is 0 Å². The number of nitrogens with one attached hydrogen (secondary N) is 1. The Bertz CT molecular complexity index is 1200. The highest BCUT2D eigenvalue weighted by atomic mass is 32.2. The van der Waals surface area contributed by atoms with Gasteiger partial charge >= 0.3 is 0 Å². The molecule has 0 radical (unpaired) electrons. The van der Waals surface area contributed by atoms with Crippen molar-refractivity contribution in [2.75, 3.05) is 40.5 Å². The van der Waals surface area contributed by atoms with Gasteiger partial charge in [0, 0.05) is 30.8 Å². The van der Waals surface area contributed by atoms with Crippen molar-refractivity contribution >= 4 is 44.2 Å². The number of benzene rings is 1. The molecule has 156 valence electrons. The van der Waals surface area contributed by atoms with Gasteiger partial charge in [-0.2, -0.15) is 4.98 Å². The maximum absolute atomic E-state index is 11.8. The van der Waals surface area contributed by atoms with Gasteiger partial charge in [0.05, 0.1) is 22.7 Å². The number of fused-ring (bicyclic) bond motifs is 1. The van der Waals surface area contributed by atoms with Crippen molar-refractivity contribution in [2.45, 2.75) is 13.3 Å². The van der Waals surface area contributed by atoms with Gasteiger partial charge < -0.3 is 16.0 Å². The number of sulfone groups is 1. The number of hydrogen-bond donors (Lipinski definition) is 2. The first kappa shape index (κ1) is 20.0. The van der Waals surface area contributed by atoms with Gasteiger partial charge in [0.15, 0.2) is 15.7 Å². The summed E-state index contributed by atoms with van der Waals surface area (Å²) in [4.78, 5) is 26.8. The number of nitrogen functional groups attached to an aromatic ring is 1. The van der Waals surface area contributed by atoms with Gasteiger partial charge in [-0.15, -0.1) is 0 Å². The molecule has 0 aliphatic carbocycles. The molecule has 1 aromatic carbocycles. The van der Waals surface area contributed by atoms with Gasteiger partial charge in [-0.1, -0.05) is 19.1 Å². The Hall–Kier alpha value is -3.27. The zero-order valence-electron chi connectivity index (χ0n) is 16.5. The van der Waals surface area contributed by atoms with Gasteiger partial charge in [0.25, 0.3) is 0 Å². The summed E-state index contributed by atoms with van der Waals surface area (Å²) in [6.07, 6.45) is 0.414. The summed E-state index contributed by atoms with van der Waals surface area (Å²) in [5.41, 5.74) is 9.35. The molecular weight excluding hydrogens is 404 g/mol. The van der Waals surface area contributed by atoms with Gasteiger partial charge in [-0.05, 0) is 24.3 Å². The molecule has 1 saturated heterocycles. The molecule has 0 atom stereocenters. The SMILES string of the molecule is CCC(=O)Nc1ccc(-c2ccc3nc(N)nc(N4CCS(=O)(=O)CC4)c3n2)cc1. The number of hydrogen-bond acceptors (Lipinski definition) is 8. The molecule has 0 bridgehead atoms. The second-order valence-electron chi connectivity index (χ2n) is 7.09. The molecule has 30 heavy (non-hydrogen) atoms. The smallest absolute Gasteiger partial charge is 0.224 e. The predicted octanol–water partition coefficient (Wildman–Crippen LogP) is 1.86. The Morgan fingerprint density at radius 3 is 2.43 bits per heavy atom. The summed E-state index contributed by atoms with van der Waals surface area (Å²) in [5, 5.41) is 2.82. The van der Waals surface area contributed by atoms with Gasteiger partial charge in [-0.25, -0.2) is 18.4 Å². The third-order valence-corrected chi connectivity index (χ3v) is 6.58. The second kappa shape index (κ2) is 7.86. The van der Waals surface area contributed by atoms with Crippen LogP contribution in [0.25, 0.3) is 22.3 Å². The standard InChI is InChI=1S/C20H22N6O3S/c1-2-17(27)22-14-5-3-13(4-6-14)15-7-8-16-18(23-15)19(25-20(21)24-16)26-9-11-30(28,29)12-10-26/h3-8H,2,9-12H2,1H3,(H,22,27)(H2,21,24,25). The fourth-order valence-electron chi connectivity index (χ4n) is 3.30. The normalized spacial score (nSPS) is 15.8. The maximum Gasteiger partial charge on any atom is 0.224 e. The Kier molecular flexibility index (Phi) is 5.25. The number of nitrogens with zero attached hydrogens (tertiary/aromatic N) is 4. The average molecular weight is 427 g/mol. The van der Waals surface area contributed by atoms with E-state index in [1.165, 1.54) is 0 Å². The molecule has 3 heterocycles. The van der Waals surface area contributed by atoms with Gasteiger partial charge in [-0.3, -0.25) is 4.79 Å². The highest BCUT2D eigenvalue weighted by Crippen LogP contribution is 2.28. The van der Waals surface area contributed by atoms with Crippen LogP contribution < -0.4 is 16.0 Å². The predicted molar refractivity (Wildman–Crippen MR) is 117 cm³/mol. The fourth-order valence-corrected chi connectivity index (χ4v) is 4.50. The number of carbonyl (C=O) groups is 1. The van der Waals surface area contributed by atoms with Gasteiger partial charge in [0.1, 0.15) is 5.52 Å². The number of aromatic nitrogens is 3. The van der Waals surface area contributed by atoms with Gasteiger partial charge in [0.2, 0.25) is 11.9 Å². The van der Waals surface area contributed by atoms with Crippen LogP contribution in [-0.4, -0.2) is 53.9 Å². The number of pyridine rings is 1.